The summed E-state index contributed by atoms with van der Waals surface area (Å²) >= 11 is 6.17. The topological polar surface area (TPSA) is 41.1 Å². The molecule has 4 heteroatoms. The van der Waals surface area contributed by atoms with Crippen molar-refractivity contribution in [2.45, 2.75) is 32.7 Å². The Balaban J connectivity index is 2.08. The zero-order valence-electron chi connectivity index (χ0n) is 11.5. The van der Waals surface area contributed by atoms with Crippen LogP contribution in [-0.4, -0.2) is 19.0 Å². The Morgan fingerprint density at radius 2 is 2.26 bits per heavy atom. The van der Waals surface area contributed by atoms with Crippen LogP contribution in [0.4, 0.5) is 0 Å². The first-order valence-electron chi connectivity index (χ1n) is 6.85. The van der Waals surface area contributed by atoms with Crippen molar-refractivity contribution in [3.63, 3.8) is 0 Å². The molecular weight excluding hydrogens is 260 g/mol. The van der Waals surface area contributed by atoms with E-state index in [9.17, 15) is 4.79 Å². The van der Waals surface area contributed by atoms with Crippen LogP contribution in [0.25, 0.3) is 0 Å². The van der Waals surface area contributed by atoms with Crippen LogP contribution in [0.2, 0.25) is 5.02 Å². The number of amides is 1. The van der Waals surface area contributed by atoms with E-state index in [4.69, 9.17) is 11.6 Å². The van der Waals surface area contributed by atoms with Crippen LogP contribution >= 0.6 is 11.6 Å². The molecule has 0 saturated carbocycles. The zero-order chi connectivity index (χ0) is 13.9. The predicted molar refractivity (Wildman–Crippen MR) is 78.2 cm³/mol. The minimum Gasteiger partial charge on any atom is -0.349 e. The van der Waals surface area contributed by atoms with E-state index in [1.165, 1.54) is 0 Å². The van der Waals surface area contributed by atoms with Gasteiger partial charge in [-0.1, -0.05) is 36.7 Å². The van der Waals surface area contributed by atoms with Gasteiger partial charge < -0.3 is 10.6 Å². The smallest absolute Gasteiger partial charge is 0.228 e. The summed E-state index contributed by atoms with van der Waals surface area (Å²) in [6.45, 7) is 5.74. The average molecular weight is 281 g/mol. The van der Waals surface area contributed by atoms with Gasteiger partial charge in [0.05, 0.1) is 11.5 Å². The Morgan fingerprint density at radius 1 is 1.53 bits per heavy atom. The number of halogens is 1. The molecule has 0 radical (unpaired) electrons. The van der Waals surface area contributed by atoms with E-state index in [1.54, 1.807) is 0 Å². The van der Waals surface area contributed by atoms with Gasteiger partial charge in [0.2, 0.25) is 5.91 Å². The van der Waals surface area contributed by atoms with E-state index >= 15 is 0 Å². The molecular formula is C15H21ClN2O. The molecule has 2 N–H and O–H groups in total. The second-order valence-corrected chi connectivity index (χ2v) is 5.68. The molecule has 104 valence electrons. The SMILES string of the molecule is CCC1(C(=O)N[C@H](C)c2ccccc2Cl)CCNC1. The normalized spacial score (nSPS) is 24.2. The fourth-order valence-corrected chi connectivity index (χ4v) is 2.95. The Morgan fingerprint density at radius 3 is 2.84 bits per heavy atom. The summed E-state index contributed by atoms with van der Waals surface area (Å²) in [6.07, 6.45) is 1.77. The maximum Gasteiger partial charge on any atom is 0.228 e. The summed E-state index contributed by atoms with van der Waals surface area (Å²) in [5.41, 5.74) is 0.713. The molecule has 0 spiro atoms. The quantitative estimate of drug-likeness (QED) is 0.890. The van der Waals surface area contributed by atoms with Crippen molar-refractivity contribution in [2.75, 3.05) is 13.1 Å². The molecule has 0 bridgehead atoms. The van der Waals surface area contributed by atoms with Crippen LogP contribution in [0.3, 0.4) is 0 Å². The molecule has 2 atom stereocenters. The molecule has 1 amide bonds. The molecule has 3 nitrogen and oxygen atoms in total. The van der Waals surface area contributed by atoms with Crippen molar-refractivity contribution in [3.8, 4) is 0 Å². The first-order chi connectivity index (χ1) is 9.09. The highest BCUT2D eigenvalue weighted by molar-refractivity contribution is 6.31. The molecule has 1 aromatic rings. The summed E-state index contributed by atoms with van der Waals surface area (Å²) < 4.78 is 0. The maximum atomic E-state index is 12.5. The Labute approximate surface area is 119 Å². The van der Waals surface area contributed by atoms with Crippen molar-refractivity contribution in [3.05, 3.63) is 34.9 Å². The minimum absolute atomic E-state index is 0.0646. The van der Waals surface area contributed by atoms with E-state index in [0.717, 1.165) is 31.5 Å². The molecule has 1 aromatic carbocycles. The standard InChI is InChI=1S/C15H21ClN2O/c1-3-15(8-9-17-10-15)14(19)18-11(2)12-6-4-5-7-13(12)16/h4-7,11,17H,3,8-10H2,1-2H3,(H,18,19)/t11-,15?/m1/s1. The van der Waals surface area contributed by atoms with Crippen LogP contribution in [0.1, 0.15) is 38.3 Å². The molecule has 2 rings (SSSR count). The molecule has 1 aliphatic heterocycles. The molecule has 1 unspecified atom stereocenters. The lowest BCUT2D eigenvalue weighted by atomic mass is 9.83. The summed E-state index contributed by atoms with van der Waals surface area (Å²) in [5.74, 6) is 0.132. The second-order valence-electron chi connectivity index (χ2n) is 5.28. The van der Waals surface area contributed by atoms with Crippen LogP contribution < -0.4 is 10.6 Å². The number of benzene rings is 1. The molecule has 1 aliphatic rings. The van der Waals surface area contributed by atoms with E-state index in [0.29, 0.717) is 5.02 Å². The van der Waals surface area contributed by atoms with Crippen molar-refractivity contribution in [1.82, 2.24) is 10.6 Å². The monoisotopic (exact) mass is 280 g/mol. The maximum absolute atomic E-state index is 12.5. The first-order valence-corrected chi connectivity index (χ1v) is 7.23. The van der Waals surface area contributed by atoms with Crippen LogP contribution in [0.5, 0.6) is 0 Å². The highest BCUT2D eigenvalue weighted by atomic mass is 35.5. The van der Waals surface area contributed by atoms with Gasteiger partial charge in [-0.05, 0) is 37.9 Å². The summed E-state index contributed by atoms with van der Waals surface area (Å²) in [4.78, 5) is 12.5. The molecule has 1 heterocycles. The van der Waals surface area contributed by atoms with Crippen molar-refractivity contribution in [1.29, 1.82) is 0 Å². The highest BCUT2D eigenvalue weighted by Crippen LogP contribution is 2.31. The highest BCUT2D eigenvalue weighted by Gasteiger charge is 2.39. The van der Waals surface area contributed by atoms with E-state index < -0.39 is 0 Å². The van der Waals surface area contributed by atoms with E-state index in [1.807, 2.05) is 31.2 Å². The van der Waals surface area contributed by atoms with Crippen LogP contribution in [-0.2, 0) is 4.79 Å². The Bertz CT molecular complexity index is 455. The van der Waals surface area contributed by atoms with Gasteiger partial charge in [-0.2, -0.15) is 0 Å². The number of carbonyl (C=O) groups is 1. The molecule has 0 aromatic heterocycles. The van der Waals surface area contributed by atoms with Gasteiger partial charge in [0.25, 0.3) is 0 Å². The largest absolute Gasteiger partial charge is 0.349 e. The fourth-order valence-electron chi connectivity index (χ4n) is 2.65. The first kappa shape index (κ1) is 14.4. The molecule has 0 aliphatic carbocycles. The van der Waals surface area contributed by atoms with Gasteiger partial charge in [-0.15, -0.1) is 0 Å². The van der Waals surface area contributed by atoms with Crippen LogP contribution in [0.15, 0.2) is 24.3 Å². The number of rotatable bonds is 4. The van der Waals surface area contributed by atoms with E-state index in [2.05, 4.69) is 17.6 Å². The number of carbonyl (C=O) groups excluding carboxylic acids is 1. The average Bonchev–Trinajstić information content (AvgIpc) is 2.89. The van der Waals surface area contributed by atoms with Crippen molar-refractivity contribution in [2.24, 2.45) is 5.41 Å². The predicted octanol–water partition coefficient (Wildman–Crippen LogP) is 2.91. The molecule has 1 saturated heterocycles. The minimum atomic E-state index is -0.254. The van der Waals surface area contributed by atoms with E-state index in [-0.39, 0.29) is 17.4 Å². The number of nitrogens with one attached hydrogen (secondary N) is 2. The van der Waals surface area contributed by atoms with Crippen LogP contribution in [0, 0.1) is 5.41 Å². The van der Waals surface area contributed by atoms with Gasteiger partial charge in [0.15, 0.2) is 0 Å². The van der Waals surface area contributed by atoms with Gasteiger partial charge in [0, 0.05) is 11.6 Å². The van der Waals surface area contributed by atoms with Gasteiger partial charge in [0.1, 0.15) is 0 Å². The third-order valence-electron chi connectivity index (χ3n) is 4.12. The number of hydrogen-bond donors (Lipinski definition) is 2. The summed E-state index contributed by atoms with van der Waals surface area (Å²) in [5, 5.41) is 7.09. The van der Waals surface area contributed by atoms with Gasteiger partial charge in [-0.3, -0.25) is 4.79 Å². The summed E-state index contributed by atoms with van der Waals surface area (Å²) in [6, 6.07) is 7.58. The third kappa shape index (κ3) is 2.93. The summed E-state index contributed by atoms with van der Waals surface area (Å²) in [7, 11) is 0. The third-order valence-corrected chi connectivity index (χ3v) is 4.47. The van der Waals surface area contributed by atoms with Gasteiger partial charge >= 0.3 is 0 Å². The molecule has 19 heavy (non-hydrogen) atoms. The second kappa shape index (κ2) is 5.93. The fraction of sp³-hybridized carbons (Fsp3) is 0.533. The lowest BCUT2D eigenvalue weighted by Gasteiger charge is -2.27. The Hall–Kier alpha value is -1.06. The van der Waals surface area contributed by atoms with Crippen molar-refractivity contribution >= 4 is 17.5 Å². The number of hydrogen-bond acceptors (Lipinski definition) is 2. The lowest BCUT2D eigenvalue weighted by molar-refractivity contribution is -0.131. The van der Waals surface area contributed by atoms with Crippen molar-refractivity contribution < 1.29 is 4.79 Å². The van der Waals surface area contributed by atoms with Gasteiger partial charge in [-0.25, -0.2) is 0 Å². The lowest BCUT2D eigenvalue weighted by Crippen LogP contribution is -2.43. The Kier molecular flexibility index (Phi) is 4.48. The zero-order valence-corrected chi connectivity index (χ0v) is 12.3. The molecule has 1 fully saturated rings.